The largest absolute Gasteiger partial charge is 0.397 e. The van der Waals surface area contributed by atoms with Crippen LogP contribution < -0.4 is 11.5 Å². The van der Waals surface area contributed by atoms with Gasteiger partial charge >= 0.3 is 0 Å². The van der Waals surface area contributed by atoms with Crippen LogP contribution in [0.25, 0.3) is 121 Å². The highest BCUT2D eigenvalue weighted by molar-refractivity contribution is 7.14. The van der Waals surface area contributed by atoms with Crippen molar-refractivity contribution in [2.75, 3.05) is 11.5 Å². The van der Waals surface area contributed by atoms with E-state index in [9.17, 15) is 0 Å². The highest BCUT2D eigenvalue weighted by Gasteiger charge is 2.34. The van der Waals surface area contributed by atoms with E-state index in [4.69, 9.17) is 11.5 Å². The first-order valence-corrected chi connectivity index (χ1v) is 26.0. The number of benzene rings is 10. The van der Waals surface area contributed by atoms with Crippen molar-refractivity contribution < 1.29 is 0 Å². The maximum Gasteiger partial charge on any atom is 0.0641 e. The fourth-order valence-electron chi connectivity index (χ4n) is 10.6. The van der Waals surface area contributed by atoms with Crippen LogP contribution in [-0.4, -0.2) is 0 Å². The molecule has 0 saturated heterocycles. The summed E-state index contributed by atoms with van der Waals surface area (Å²) in [5.74, 6) is 0. The normalized spacial score (nSPS) is 11.2. The lowest BCUT2D eigenvalue weighted by Gasteiger charge is -2.31. The van der Waals surface area contributed by atoms with Crippen LogP contribution in [-0.2, 0) is 0 Å². The molecule has 0 spiro atoms. The lowest BCUT2D eigenvalue weighted by atomic mass is 9.73. The molecule has 0 radical (unpaired) electrons. The Kier molecular flexibility index (Phi) is 12.1. The summed E-state index contributed by atoms with van der Waals surface area (Å²) >= 11 is 3.50. The van der Waals surface area contributed by atoms with Gasteiger partial charge in [-0.1, -0.05) is 243 Å². The molecule has 0 unspecified atom stereocenters. The Labute approximate surface area is 429 Å². The Hall–Kier alpha value is -8.80. The second-order valence-electron chi connectivity index (χ2n) is 17.8. The number of hydrogen-bond donors (Lipinski definition) is 2. The van der Waals surface area contributed by atoms with Gasteiger partial charge in [-0.15, -0.1) is 22.7 Å². The molecule has 2 heterocycles. The zero-order chi connectivity index (χ0) is 48.4. The van der Waals surface area contributed by atoms with Crippen LogP contribution in [0.3, 0.4) is 0 Å². The SMILES string of the molecule is Nc1c(N)c(-c2c(-c3ccccc3)ccc(-c3ccccc3)c2-c2cccs2)c(-c2c(-c3ccccc3)ccc(-c3ccccc3)c2-c2cccs2)c(-c2ccccc2)c1-c1ccccc1-c1ccccc1. The van der Waals surface area contributed by atoms with Gasteiger partial charge in [0.2, 0.25) is 0 Å². The fraction of sp³-hybridized carbons (Fsp3) is 0. The van der Waals surface area contributed by atoms with Crippen molar-refractivity contribution in [3.8, 4) is 121 Å². The number of nitrogen functional groups attached to an aromatic ring is 2. The lowest BCUT2D eigenvalue weighted by molar-refractivity contribution is 1.51. The van der Waals surface area contributed by atoms with E-state index in [2.05, 4.69) is 266 Å². The summed E-state index contributed by atoms with van der Waals surface area (Å²) in [7, 11) is 0. The summed E-state index contributed by atoms with van der Waals surface area (Å²) in [6.07, 6.45) is 0. The molecule has 342 valence electrons. The van der Waals surface area contributed by atoms with E-state index in [1.165, 1.54) is 0 Å². The molecule has 2 nitrogen and oxygen atoms in total. The van der Waals surface area contributed by atoms with Gasteiger partial charge in [-0.05, 0) is 89.7 Å². The third-order valence-electron chi connectivity index (χ3n) is 13.7. The van der Waals surface area contributed by atoms with Crippen molar-refractivity contribution in [1.82, 2.24) is 0 Å². The van der Waals surface area contributed by atoms with E-state index in [0.717, 1.165) is 121 Å². The van der Waals surface area contributed by atoms with E-state index in [1.54, 1.807) is 22.7 Å². The fourth-order valence-corrected chi connectivity index (χ4v) is 12.1. The van der Waals surface area contributed by atoms with Crippen LogP contribution in [0, 0.1) is 0 Å². The molecule has 0 aliphatic rings. The molecule has 4 N–H and O–H groups in total. The summed E-state index contributed by atoms with van der Waals surface area (Å²) in [6.45, 7) is 0. The van der Waals surface area contributed by atoms with Gasteiger partial charge in [0.25, 0.3) is 0 Å². The summed E-state index contributed by atoms with van der Waals surface area (Å²) in [4.78, 5) is 2.28. The average molecular weight is 957 g/mol. The van der Waals surface area contributed by atoms with E-state index in [0.29, 0.717) is 11.4 Å². The third kappa shape index (κ3) is 8.03. The summed E-state index contributed by atoms with van der Waals surface area (Å²) in [6, 6.07) is 91.3. The Morgan fingerprint density at radius 2 is 0.500 bits per heavy atom. The highest BCUT2D eigenvalue weighted by Crippen LogP contribution is 2.61. The molecular weight excluding hydrogens is 909 g/mol. The van der Waals surface area contributed by atoms with Gasteiger partial charge < -0.3 is 11.5 Å². The van der Waals surface area contributed by atoms with Gasteiger partial charge in [-0.3, -0.25) is 0 Å². The second-order valence-corrected chi connectivity index (χ2v) is 19.7. The molecule has 72 heavy (non-hydrogen) atoms. The minimum absolute atomic E-state index is 0.518. The molecule has 4 heteroatoms. The number of rotatable bonds is 11. The molecule has 0 amide bonds. The topological polar surface area (TPSA) is 52.0 Å². The number of hydrogen-bond acceptors (Lipinski definition) is 4. The van der Waals surface area contributed by atoms with Crippen LogP contribution >= 0.6 is 22.7 Å². The summed E-state index contributed by atoms with van der Waals surface area (Å²) in [5, 5.41) is 4.36. The predicted molar refractivity (Wildman–Crippen MR) is 311 cm³/mol. The Bertz CT molecular complexity index is 3820. The molecule has 12 rings (SSSR count). The maximum atomic E-state index is 8.17. The first-order chi connectivity index (χ1) is 35.6. The lowest BCUT2D eigenvalue weighted by Crippen LogP contribution is -2.08. The quantitative estimate of drug-likeness (QED) is 0.127. The first kappa shape index (κ1) is 44.4. The summed E-state index contributed by atoms with van der Waals surface area (Å²) in [5.41, 5.74) is 38.2. The molecule has 12 aromatic rings. The molecule has 0 aliphatic heterocycles. The molecule has 0 aliphatic carbocycles. The molecule has 0 saturated carbocycles. The van der Waals surface area contributed by atoms with E-state index in [1.807, 2.05) is 0 Å². The third-order valence-corrected chi connectivity index (χ3v) is 15.5. The number of nitrogens with two attached hydrogens (primary N) is 2. The zero-order valence-electron chi connectivity index (χ0n) is 39.4. The monoisotopic (exact) mass is 956 g/mol. The van der Waals surface area contributed by atoms with Crippen LogP contribution in [0.2, 0.25) is 0 Å². The van der Waals surface area contributed by atoms with E-state index in [-0.39, 0.29) is 0 Å². The Balaban J connectivity index is 1.39. The van der Waals surface area contributed by atoms with Crippen LogP contribution in [0.5, 0.6) is 0 Å². The van der Waals surface area contributed by atoms with Crippen molar-refractivity contribution in [2.45, 2.75) is 0 Å². The van der Waals surface area contributed by atoms with Crippen molar-refractivity contribution >= 4 is 34.0 Å². The van der Waals surface area contributed by atoms with Crippen LogP contribution in [0.15, 0.2) is 266 Å². The molecule has 0 fully saturated rings. The van der Waals surface area contributed by atoms with Crippen molar-refractivity contribution in [1.29, 1.82) is 0 Å². The summed E-state index contributed by atoms with van der Waals surface area (Å²) < 4.78 is 0. The van der Waals surface area contributed by atoms with Gasteiger partial charge in [0.1, 0.15) is 0 Å². The standard InChI is InChI=1S/C68H48N2S2/c69-67-64(56-36-20-19-35-51(56)45-23-7-1-8-24-45)59(50-33-17-6-18-34-50)65(62-54(48-29-13-4-14-30-48)41-39-52(46-25-9-2-10-26-46)60(62)57-37-21-43-71-57)66(68(67)70)63-55(49-31-15-5-16-32-49)42-40-53(47-27-11-3-12-28-47)61(63)58-38-22-44-72-58/h1-44H,69-70H2. The van der Waals surface area contributed by atoms with Crippen LogP contribution in [0.1, 0.15) is 0 Å². The molecule has 0 bridgehead atoms. The Morgan fingerprint density at radius 3 is 0.875 bits per heavy atom. The maximum absolute atomic E-state index is 8.17. The molecule has 10 aromatic carbocycles. The minimum atomic E-state index is 0.518. The number of anilines is 2. The average Bonchev–Trinajstić information content (AvgIpc) is 4.21. The van der Waals surface area contributed by atoms with Crippen LogP contribution in [0.4, 0.5) is 11.4 Å². The van der Waals surface area contributed by atoms with Gasteiger partial charge in [-0.2, -0.15) is 0 Å². The highest BCUT2D eigenvalue weighted by atomic mass is 32.1. The second kappa shape index (κ2) is 19.5. The van der Waals surface area contributed by atoms with E-state index < -0.39 is 0 Å². The van der Waals surface area contributed by atoms with Gasteiger partial charge in [0.15, 0.2) is 0 Å². The van der Waals surface area contributed by atoms with Gasteiger partial charge in [0.05, 0.1) is 11.4 Å². The minimum Gasteiger partial charge on any atom is -0.397 e. The van der Waals surface area contributed by atoms with Crippen molar-refractivity contribution in [3.05, 3.63) is 266 Å². The Morgan fingerprint density at radius 1 is 0.194 bits per heavy atom. The smallest absolute Gasteiger partial charge is 0.0641 e. The van der Waals surface area contributed by atoms with Gasteiger partial charge in [-0.25, -0.2) is 0 Å². The van der Waals surface area contributed by atoms with Crippen molar-refractivity contribution in [3.63, 3.8) is 0 Å². The molecule has 0 atom stereocenters. The van der Waals surface area contributed by atoms with Crippen molar-refractivity contribution in [2.24, 2.45) is 0 Å². The zero-order valence-corrected chi connectivity index (χ0v) is 41.0. The molecule has 2 aromatic heterocycles. The predicted octanol–water partition coefficient (Wildman–Crippen LogP) is 19.3. The van der Waals surface area contributed by atoms with E-state index >= 15 is 0 Å². The van der Waals surface area contributed by atoms with Gasteiger partial charge in [0, 0.05) is 54.3 Å². The first-order valence-electron chi connectivity index (χ1n) is 24.2. The number of thiophene rings is 2. The molecular formula is C68H48N2S2.